The normalized spacial score (nSPS) is 20.1. The van der Waals surface area contributed by atoms with Gasteiger partial charge in [0.05, 0.1) is 4.92 Å². The number of nitro groups is 1. The Hall–Kier alpha value is -2.71. The van der Waals surface area contributed by atoms with E-state index in [4.69, 9.17) is 11.5 Å². The largest absolute Gasteiger partial charge is 0.369 e. The summed E-state index contributed by atoms with van der Waals surface area (Å²) in [5.41, 5.74) is 10.7. The number of nitrogens with zero attached hydrogens (tertiary/aromatic N) is 4. The number of nitro benzene ring substituents is 1. The molecule has 122 valence electrons. The summed E-state index contributed by atoms with van der Waals surface area (Å²) in [5, 5.41) is 11.3. The van der Waals surface area contributed by atoms with Gasteiger partial charge in [-0.15, -0.1) is 0 Å². The fraction of sp³-hybridized carbons (Fsp3) is 0.429. The predicted molar refractivity (Wildman–Crippen MR) is 84.6 cm³/mol. The molecule has 8 nitrogen and oxygen atoms in total. The van der Waals surface area contributed by atoms with Crippen LogP contribution in [0.15, 0.2) is 28.2 Å². The van der Waals surface area contributed by atoms with Crippen molar-refractivity contribution in [3.05, 3.63) is 34.1 Å². The van der Waals surface area contributed by atoms with Crippen LogP contribution in [-0.2, 0) is 0 Å². The Morgan fingerprint density at radius 3 is 2.61 bits per heavy atom. The molecule has 1 spiro atoms. The standard InChI is InChI=1S/C14H17FN6O2/c15-9-4-5-10(21(22)23)11(8-9)20-13(17)18-12(16)19-14(20)6-2-1-3-7-14/h4-5,8H,1-3,6-7H2,(H4,16,17,18,19). The van der Waals surface area contributed by atoms with Crippen LogP contribution < -0.4 is 16.4 Å². The summed E-state index contributed by atoms with van der Waals surface area (Å²) < 4.78 is 13.7. The minimum absolute atomic E-state index is 0.00639. The van der Waals surface area contributed by atoms with E-state index in [9.17, 15) is 14.5 Å². The molecule has 0 bridgehead atoms. The summed E-state index contributed by atoms with van der Waals surface area (Å²) in [5.74, 6) is -0.556. The number of aliphatic imine (C=N–C) groups is 2. The van der Waals surface area contributed by atoms with Crippen LogP contribution in [0.4, 0.5) is 15.8 Å². The van der Waals surface area contributed by atoms with E-state index in [2.05, 4.69) is 9.98 Å². The van der Waals surface area contributed by atoms with Gasteiger partial charge in [0.25, 0.3) is 5.69 Å². The lowest BCUT2D eigenvalue weighted by molar-refractivity contribution is -0.384. The first-order valence-electron chi connectivity index (χ1n) is 7.37. The molecule has 0 saturated heterocycles. The molecule has 23 heavy (non-hydrogen) atoms. The van der Waals surface area contributed by atoms with Gasteiger partial charge in [0.2, 0.25) is 11.9 Å². The van der Waals surface area contributed by atoms with Crippen LogP contribution in [0.5, 0.6) is 0 Å². The van der Waals surface area contributed by atoms with E-state index in [0.29, 0.717) is 12.8 Å². The van der Waals surface area contributed by atoms with Gasteiger partial charge in [0.15, 0.2) is 0 Å². The molecule has 1 fully saturated rings. The zero-order chi connectivity index (χ0) is 16.6. The highest BCUT2D eigenvalue weighted by molar-refractivity contribution is 6.06. The van der Waals surface area contributed by atoms with Crippen molar-refractivity contribution in [2.24, 2.45) is 21.5 Å². The summed E-state index contributed by atoms with van der Waals surface area (Å²) in [6, 6.07) is 3.26. The number of anilines is 1. The van der Waals surface area contributed by atoms with Crippen LogP contribution in [0.3, 0.4) is 0 Å². The Balaban J connectivity index is 2.18. The molecule has 9 heteroatoms. The van der Waals surface area contributed by atoms with Crippen molar-refractivity contribution < 1.29 is 9.31 Å². The molecule has 4 N–H and O–H groups in total. The van der Waals surface area contributed by atoms with E-state index >= 15 is 0 Å². The monoisotopic (exact) mass is 320 g/mol. The highest BCUT2D eigenvalue weighted by Gasteiger charge is 2.44. The molecule has 3 rings (SSSR count). The predicted octanol–water partition coefficient (Wildman–Crippen LogP) is 1.84. The quantitative estimate of drug-likeness (QED) is 0.635. The van der Waals surface area contributed by atoms with Gasteiger partial charge >= 0.3 is 0 Å². The number of rotatable bonds is 2. The molecule has 0 amide bonds. The first kappa shape index (κ1) is 15.2. The van der Waals surface area contributed by atoms with Gasteiger partial charge in [0.1, 0.15) is 17.2 Å². The molecule has 0 unspecified atom stereocenters. The van der Waals surface area contributed by atoms with Gasteiger partial charge < -0.3 is 11.5 Å². The minimum Gasteiger partial charge on any atom is -0.369 e. The van der Waals surface area contributed by atoms with Gasteiger partial charge in [0, 0.05) is 12.1 Å². The molecule has 1 aliphatic heterocycles. The van der Waals surface area contributed by atoms with Gasteiger partial charge in [-0.1, -0.05) is 6.42 Å². The zero-order valence-electron chi connectivity index (χ0n) is 12.4. The number of nitrogens with two attached hydrogens (primary N) is 2. The lowest BCUT2D eigenvalue weighted by atomic mass is 9.87. The van der Waals surface area contributed by atoms with Crippen LogP contribution in [0.1, 0.15) is 32.1 Å². The molecule has 1 heterocycles. The summed E-state index contributed by atoms with van der Waals surface area (Å²) in [6.07, 6.45) is 4.04. The smallest absolute Gasteiger partial charge is 0.293 e. The van der Waals surface area contributed by atoms with Crippen molar-refractivity contribution in [3.8, 4) is 0 Å². The van der Waals surface area contributed by atoms with Crippen molar-refractivity contribution in [2.75, 3.05) is 4.90 Å². The van der Waals surface area contributed by atoms with Gasteiger partial charge in [-0.2, -0.15) is 4.99 Å². The lowest BCUT2D eigenvalue weighted by Gasteiger charge is -2.45. The minimum atomic E-state index is -0.841. The van der Waals surface area contributed by atoms with E-state index < -0.39 is 16.4 Å². The SMILES string of the molecule is NC1=NC2(CCCCC2)N(c2cc(F)ccc2[N+](=O)[O-])C(N)=N1. The van der Waals surface area contributed by atoms with Crippen molar-refractivity contribution in [1.29, 1.82) is 0 Å². The molecule has 0 radical (unpaired) electrons. The van der Waals surface area contributed by atoms with Crippen LogP contribution in [0.2, 0.25) is 0 Å². The van der Waals surface area contributed by atoms with Gasteiger partial charge in [-0.25, -0.2) is 9.38 Å². The highest BCUT2D eigenvalue weighted by atomic mass is 19.1. The first-order valence-corrected chi connectivity index (χ1v) is 7.37. The molecule has 1 aromatic carbocycles. The number of guanidine groups is 2. The number of halogens is 1. The Kier molecular flexibility index (Phi) is 3.63. The summed E-state index contributed by atoms with van der Waals surface area (Å²) in [6.45, 7) is 0. The number of hydrogen-bond donors (Lipinski definition) is 2. The lowest BCUT2D eigenvalue weighted by Crippen LogP contribution is -2.58. The second-order valence-corrected chi connectivity index (χ2v) is 5.71. The molecular weight excluding hydrogens is 303 g/mol. The third-order valence-corrected chi connectivity index (χ3v) is 4.23. The Labute approximate surface area is 131 Å². The van der Waals surface area contributed by atoms with Crippen LogP contribution in [-0.4, -0.2) is 22.5 Å². The summed E-state index contributed by atoms with van der Waals surface area (Å²) >= 11 is 0. The maximum Gasteiger partial charge on any atom is 0.293 e. The van der Waals surface area contributed by atoms with Crippen molar-refractivity contribution in [1.82, 2.24) is 0 Å². The Morgan fingerprint density at radius 1 is 1.26 bits per heavy atom. The molecule has 2 aliphatic rings. The van der Waals surface area contributed by atoms with E-state index in [-0.39, 0.29) is 23.3 Å². The molecule has 1 saturated carbocycles. The average molecular weight is 320 g/mol. The fourth-order valence-electron chi connectivity index (χ4n) is 3.30. The fourth-order valence-corrected chi connectivity index (χ4v) is 3.30. The molecule has 1 aromatic rings. The molecule has 1 aliphatic carbocycles. The van der Waals surface area contributed by atoms with E-state index in [1.165, 1.54) is 4.90 Å². The molecule has 0 aromatic heterocycles. The highest BCUT2D eigenvalue weighted by Crippen LogP contribution is 2.42. The van der Waals surface area contributed by atoms with Crippen molar-refractivity contribution >= 4 is 23.3 Å². The maximum absolute atomic E-state index is 13.7. The zero-order valence-corrected chi connectivity index (χ0v) is 12.4. The van der Waals surface area contributed by atoms with Crippen LogP contribution >= 0.6 is 0 Å². The van der Waals surface area contributed by atoms with E-state index in [1.54, 1.807) is 0 Å². The first-order chi connectivity index (χ1) is 10.9. The second-order valence-electron chi connectivity index (χ2n) is 5.71. The number of hydrogen-bond acceptors (Lipinski definition) is 7. The van der Waals surface area contributed by atoms with Crippen LogP contribution in [0, 0.1) is 15.9 Å². The van der Waals surface area contributed by atoms with Crippen molar-refractivity contribution in [3.63, 3.8) is 0 Å². The third-order valence-electron chi connectivity index (χ3n) is 4.23. The average Bonchev–Trinajstić information content (AvgIpc) is 2.46. The molecular formula is C14H17FN6O2. The third kappa shape index (κ3) is 2.58. The second kappa shape index (κ2) is 5.49. The van der Waals surface area contributed by atoms with E-state index in [0.717, 1.165) is 37.5 Å². The van der Waals surface area contributed by atoms with Gasteiger partial charge in [-0.3, -0.25) is 15.0 Å². The van der Waals surface area contributed by atoms with Gasteiger partial charge in [-0.05, 0) is 31.7 Å². The maximum atomic E-state index is 13.7. The van der Waals surface area contributed by atoms with E-state index in [1.807, 2.05) is 0 Å². The molecule has 0 atom stereocenters. The van der Waals surface area contributed by atoms with Crippen molar-refractivity contribution in [2.45, 2.75) is 37.8 Å². The Morgan fingerprint density at radius 2 is 1.96 bits per heavy atom. The topological polar surface area (TPSA) is 123 Å². The Bertz CT molecular complexity index is 711. The van der Waals surface area contributed by atoms with Crippen LogP contribution in [0.25, 0.3) is 0 Å². The number of benzene rings is 1. The summed E-state index contributed by atoms with van der Waals surface area (Å²) in [4.78, 5) is 20.6. The summed E-state index contributed by atoms with van der Waals surface area (Å²) in [7, 11) is 0.